The van der Waals surface area contributed by atoms with Crippen LogP contribution in [0, 0.1) is 0 Å². The maximum atomic E-state index is 12.2. The third-order valence-corrected chi connectivity index (χ3v) is 1.70. The highest BCUT2D eigenvalue weighted by Crippen LogP contribution is 2.27. The zero-order valence-corrected chi connectivity index (χ0v) is 6.87. The summed E-state index contributed by atoms with van der Waals surface area (Å²) in [6.07, 6.45) is 0.381. The molecule has 13 heavy (non-hydrogen) atoms. The SMILES string of the molecule is NCC(=CF)c1ccc(O)c(O)c1. The minimum Gasteiger partial charge on any atom is -0.504 e. The normalized spacial score (nSPS) is 11.7. The molecule has 0 heterocycles. The van der Waals surface area contributed by atoms with Gasteiger partial charge in [0.2, 0.25) is 0 Å². The molecule has 0 spiro atoms. The van der Waals surface area contributed by atoms with Crippen LogP contribution in [0.25, 0.3) is 5.57 Å². The number of benzene rings is 1. The lowest BCUT2D eigenvalue weighted by Gasteiger charge is -2.04. The molecule has 1 aromatic carbocycles. The molecule has 0 amide bonds. The monoisotopic (exact) mass is 183 g/mol. The molecule has 0 unspecified atom stereocenters. The molecule has 0 aliphatic rings. The van der Waals surface area contributed by atoms with Crippen LogP contribution in [0.2, 0.25) is 0 Å². The fraction of sp³-hybridized carbons (Fsp3) is 0.111. The van der Waals surface area contributed by atoms with Crippen molar-refractivity contribution in [1.82, 2.24) is 0 Å². The van der Waals surface area contributed by atoms with Crippen LogP contribution in [0.4, 0.5) is 4.39 Å². The van der Waals surface area contributed by atoms with Crippen LogP contribution in [0.3, 0.4) is 0 Å². The lowest BCUT2D eigenvalue weighted by atomic mass is 10.1. The van der Waals surface area contributed by atoms with Crippen molar-refractivity contribution in [2.45, 2.75) is 0 Å². The summed E-state index contributed by atoms with van der Waals surface area (Å²) in [6, 6.07) is 4.02. The third-order valence-electron chi connectivity index (χ3n) is 1.70. The fourth-order valence-corrected chi connectivity index (χ4v) is 0.949. The number of hydrogen-bond acceptors (Lipinski definition) is 3. The van der Waals surface area contributed by atoms with Gasteiger partial charge in [0.1, 0.15) is 0 Å². The maximum Gasteiger partial charge on any atom is 0.158 e. The number of phenolic OH excluding ortho intramolecular Hbond substituents is 2. The summed E-state index contributed by atoms with van der Waals surface area (Å²) >= 11 is 0. The van der Waals surface area contributed by atoms with Crippen molar-refractivity contribution in [2.75, 3.05) is 6.54 Å². The predicted molar refractivity (Wildman–Crippen MR) is 47.9 cm³/mol. The molecule has 0 atom stereocenters. The molecule has 4 N–H and O–H groups in total. The van der Waals surface area contributed by atoms with Gasteiger partial charge in [0, 0.05) is 12.1 Å². The Hall–Kier alpha value is -1.55. The van der Waals surface area contributed by atoms with Gasteiger partial charge in [-0.15, -0.1) is 0 Å². The first-order valence-electron chi connectivity index (χ1n) is 3.70. The molecule has 4 heteroatoms. The number of hydrogen-bond donors (Lipinski definition) is 3. The molecule has 0 fully saturated rings. The van der Waals surface area contributed by atoms with Crippen molar-refractivity contribution in [1.29, 1.82) is 0 Å². The van der Waals surface area contributed by atoms with Gasteiger partial charge in [-0.3, -0.25) is 0 Å². The second-order valence-corrected chi connectivity index (χ2v) is 2.54. The third kappa shape index (κ3) is 1.97. The molecule has 0 saturated carbocycles. The molecule has 0 aromatic heterocycles. The average Bonchev–Trinajstić information content (AvgIpc) is 2.13. The summed E-state index contributed by atoms with van der Waals surface area (Å²) < 4.78 is 12.2. The van der Waals surface area contributed by atoms with E-state index in [9.17, 15) is 4.39 Å². The van der Waals surface area contributed by atoms with Gasteiger partial charge in [-0.05, 0) is 17.7 Å². The zero-order valence-electron chi connectivity index (χ0n) is 6.87. The molecule has 70 valence electrons. The van der Waals surface area contributed by atoms with E-state index in [1.165, 1.54) is 18.2 Å². The van der Waals surface area contributed by atoms with Crippen LogP contribution >= 0.6 is 0 Å². The summed E-state index contributed by atoms with van der Waals surface area (Å²) in [4.78, 5) is 0. The lowest BCUT2D eigenvalue weighted by Crippen LogP contribution is -2.01. The van der Waals surface area contributed by atoms with E-state index in [0.717, 1.165) is 0 Å². The molecule has 1 aromatic rings. The van der Waals surface area contributed by atoms with Gasteiger partial charge >= 0.3 is 0 Å². The number of nitrogens with two attached hydrogens (primary N) is 1. The standard InChI is InChI=1S/C9H10FNO2/c10-4-7(5-11)6-1-2-8(12)9(13)3-6/h1-4,12-13H,5,11H2. The Bertz CT molecular complexity index is 336. The highest BCUT2D eigenvalue weighted by atomic mass is 19.1. The van der Waals surface area contributed by atoms with Crippen molar-refractivity contribution < 1.29 is 14.6 Å². The van der Waals surface area contributed by atoms with Crippen molar-refractivity contribution in [3.63, 3.8) is 0 Å². The summed E-state index contributed by atoms with van der Waals surface area (Å²) in [6.45, 7) is 0.0424. The van der Waals surface area contributed by atoms with E-state index in [2.05, 4.69) is 0 Å². The van der Waals surface area contributed by atoms with Crippen LogP contribution in [0.15, 0.2) is 24.5 Å². The second kappa shape index (κ2) is 3.91. The second-order valence-electron chi connectivity index (χ2n) is 2.54. The van der Waals surface area contributed by atoms with E-state index in [-0.39, 0.29) is 23.6 Å². The minimum atomic E-state index is -0.287. The zero-order chi connectivity index (χ0) is 9.84. The van der Waals surface area contributed by atoms with Gasteiger partial charge in [-0.1, -0.05) is 6.07 Å². The molecular weight excluding hydrogens is 173 g/mol. The van der Waals surface area contributed by atoms with Gasteiger partial charge in [-0.2, -0.15) is 0 Å². The Morgan fingerprint density at radius 3 is 2.54 bits per heavy atom. The van der Waals surface area contributed by atoms with Gasteiger partial charge < -0.3 is 15.9 Å². The van der Waals surface area contributed by atoms with Gasteiger partial charge in [0.05, 0.1) is 6.33 Å². The Morgan fingerprint density at radius 1 is 1.38 bits per heavy atom. The topological polar surface area (TPSA) is 66.5 Å². The first kappa shape index (κ1) is 9.54. The quantitative estimate of drug-likeness (QED) is 0.606. The van der Waals surface area contributed by atoms with E-state index in [0.29, 0.717) is 11.9 Å². The molecule has 0 saturated heterocycles. The van der Waals surface area contributed by atoms with Crippen molar-refractivity contribution in [3.05, 3.63) is 30.1 Å². The molecule has 0 aliphatic heterocycles. The van der Waals surface area contributed by atoms with E-state index in [1.54, 1.807) is 0 Å². The summed E-state index contributed by atoms with van der Waals surface area (Å²) in [5, 5.41) is 18.1. The van der Waals surface area contributed by atoms with Crippen LogP contribution in [-0.4, -0.2) is 16.8 Å². The molecule has 1 rings (SSSR count). The summed E-state index contributed by atoms with van der Waals surface area (Å²) in [5.74, 6) is -0.524. The number of phenols is 2. The Labute approximate surface area is 74.9 Å². The van der Waals surface area contributed by atoms with Crippen molar-refractivity contribution >= 4 is 5.57 Å². The average molecular weight is 183 g/mol. The Kier molecular flexibility index (Phi) is 2.87. The number of halogens is 1. The molecule has 0 bridgehead atoms. The largest absolute Gasteiger partial charge is 0.504 e. The van der Waals surface area contributed by atoms with Crippen LogP contribution in [0.5, 0.6) is 11.5 Å². The van der Waals surface area contributed by atoms with E-state index >= 15 is 0 Å². The summed E-state index contributed by atoms with van der Waals surface area (Å²) in [7, 11) is 0. The fourth-order valence-electron chi connectivity index (χ4n) is 0.949. The van der Waals surface area contributed by atoms with Crippen molar-refractivity contribution in [2.24, 2.45) is 5.73 Å². The highest BCUT2D eigenvalue weighted by Gasteiger charge is 2.03. The molecule has 3 nitrogen and oxygen atoms in total. The van der Waals surface area contributed by atoms with Gasteiger partial charge in [-0.25, -0.2) is 4.39 Å². The van der Waals surface area contributed by atoms with E-state index < -0.39 is 0 Å². The molecule has 0 aliphatic carbocycles. The maximum absolute atomic E-state index is 12.2. The first-order valence-corrected chi connectivity index (χ1v) is 3.70. The van der Waals surface area contributed by atoms with Gasteiger partial charge in [0.25, 0.3) is 0 Å². The van der Waals surface area contributed by atoms with Crippen molar-refractivity contribution in [3.8, 4) is 11.5 Å². The predicted octanol–water partition coefficient (Wildman–Crippen LogP) is 1.37. The highest BCUT2D eigenvalue weighted by molar-refractivity contribution is 5.68. The van der Waals surface area contributed by atoms with Crippen LogP contribution in [-0.2, 0) is 0 Å². The minimum absolute atomic E-state index is 0.0424. The Morgan fingerprint density at radius 2 is 2.08 bits per heavy atom. The number of aromatic hydroxyl groups is 2. The van der Waals surface area contributed by atoms with Crippen LogP contribution < -0.4 is 5.73 Å². The van der Waals surface area contributed by atoms with Crippen LogP contribution in [0.1, 0.15) is 5.56 Å². The molecule has 0 radical (unpaired) electrons. The number of rotatable bonds is 2. The Balaban J connectivity index is 3.10. The van der Waals surface area contributed by atoms with E-state index in [1.807, 2.05) is 0 Å². The lowest BCUT2D eigenvalue weighted by molar-refractivity contribution is 0.403. The smallest absolute Gasteiger partial charge is 0.158 e. The summed E-state index contributed by atoms with van der Waals surface area (Å²) in [5.41, 5.74) is 5.98. The van der Waals surface area contributed by atoms with Gasteiger partial charge in [0.15, 0.2) is 11.5 Å². The van der Waals surface area contributed by atoms with E-state index in [4.69, 9.17) is 15.9 Å². The first-order chi connectivity index (χ1) is 6.19. The molecular formula is C9H10FNO2.